The highest BCUT2D eigenvalue weighted by Gasteiger charge is 2.41. The fraction of sp³-hybridized carbons (Fsp3) is 0.500. The predicted molar refractivity (Wildman–Crippen MR) is 107 cm³/mol. The molecule has 1 fully saturated rings. The first-order chi connectivity index (χ1) is 13.3. The molecule has 2 aromatic rings. The minimum atomic E-state index is -3.85. The standard InChI is InChI=1S/C20H27N3O4S/c1-5-13(2)16-8-10-17(11-9-16)21-20(24)18-7-6-12-23(18)28(25,26)19-14(3)22-27-15(19)4/h8-11,13,18H,5-7,12H2,1-4H3,(H,21,24)/t13?,18-/m0/s1. The third-order valence-electron chi connectivity index (χ3n) is 5.40. The van der Waals surface area contributed by atoms with E-state index in [0.29, 0.717) is 36.7 Å². The molecule has 1 aliphatic heterocycles. The Kier molecular flexibility index (Phi) is 5.90. The molecule has 1 aliphatic rings. The van der Waals surface area contributed by atoms with Gasteiger partial charge >= 0.3 is 0 Å². The number of hydrogen-bond acceptors (Lipinski definition) is 5. The van der Waals surface area contributed by atoms with Crippen molar-refractivity contribution in [3.8, 4) is 0 Å². The van der Waals surface area contributed by atoms with Gasteiger partial charge in [-0.15, -0.1) is 0 Å². The van der Waals surface area contributed by atoms with Crippen molar-refractivity contribution in [1.29, 1.82) is 0 Å². The van der Waals surface area contributed by atoms with Gasteiger partial charge in [-0.2, -0.15) is 4.31 Å². The van der Waals surface area contributed by atoms with Gasteiger partial charge in [0, 0.05) is 12.2 Å². The van der Waals surface area contributed by atoms with Gasteiger partial charge in [-0.1, -0.05) is 31.1 Å². The van der Waals surface area contributed by atoms with E-state index in [0.717, 1.165) is 6.42 Å². The number of nitrogens with one attached hydrogen (secondary N) is 1. The van der Waals surface area contributed by atoms with E-state index in [4.69, 9.17) is 4.52 Å². The van der Waals surface area contributed by atoms with E-state index < -0.39 is 16.1 Å². The van der Waals surface area contributed by atoms with Crippen molar-refractivity contribution in [2.45, 2.75) is 63.8 Å². The Labute approximate surface area is 166 Å². The highest BCUT2D eigenvalue weighted by atomic mass is 32.2. The maximum atomic E-state index is 13.1. The van der Waals surface area contributed by atoms with Crippen LogP contribution < -0.4 is 5.32 Å². The van der Waals surface area contributed by atoms with E-state index in [-0.39, 0.29) is 16.6 Å². The average Bonchev–Trinajstić information content (AvgIpc) is 3.29. The summed E-state index contributed by atoms with van der Waals surface area (Å²) >= 11 is 0. The first-order valence-corrected chi connectivity index (χ1v) is 11.0. The molecule has 8 heteroatoms. The highest BCUT2D eigenvalue weighted by Crippen LogP contribution is 2.30. The molecule has 152 valence electrons. The molecule has 1 amide bonds. The van der Waals surface area contributed by atoms with E-state index in [9.17, 15) is 13.2 Å². The topological polar surface area (TPSA) is 92.5 Å². The Morgan fingerprint density at radius 2 is 2.00 bits per heavy atom. The molecule has 0 bridgehead atoms. The smallest absolute Gasteiger partial charge is 0.249 e. The molecule has 2 atom stereocenters. The van der Waals surface area contributed by atoms with Gasteiger partial charge in [0.05, 0.1) is 0 Å². The van der Waals surface area contributed by atoms with Gasteiger partial charge in [0.2, 0.25) is 15.9 Å². The maximum Gasteiger partial charge on any atom is 0.249 e. The molecule has 0 saturated carbocycles. The van der Waals surface area contributed by atoms with Gasteiger partial charge in [0.25, 0.3) is 0 Å². The SMILES string of the molecule is CCC(C)c1ccc(NC(=O)[C@@H]2CCCN2S(=O)(=O)c2c(C)noc2C)cc1. The van der Waals surface area contributed by atoms with E-state index in [1.54, 1.807) is 13.8 Å². The number of aromatic nitrogens is 1. The van der Waals surface area contributed by atoms with Crippen LogP contribution in [0.4, 0.5) is 5.69 Å². The molecule has 28 heavy (non-hydrogen) atoms. The van der Waals surface area contributed by atoms with Crippen LogP contribution in [0.25, 0.3) is 0 Å². The minimum absolute atomic E-state index is 0.0603. The van der Waals surface area contributed by atoms with Crippen LogP contribution in [0.1, 0.15) is 56.0 Å². The summed E-state index contributed by atoms with van der Waals surface area (Å²) in [6, 6.07) is 6.98. The lowest BCUT2D eigenvalue weighted by molar-refractivity contribution is -0.119. The quantitative estimate of drug-likeness (QED) is 0.793. The molecule has 7 nitrogen and oxygen atoms in total. The predicted octanol–water partition coefficient (Wildman–Crippen LogP) is 3.60. The fourth-order valence-corrected chi connectivity index (χ4v) is 5.56. The van der Waals surface area contributed by atoms with Crippen LogP contribution in [0, 0.1) is 13.8 Å². The number of benzene rings is 1. The van der Waals surface area contributed by atoms with Crippen molar-refractivity contribution < 1.29 is 17.7 Å². The van der Waals surface area contributed by atoms with Crippen molar-refractivity contribution in [3.05, 3.63) is 41.3 Å². The number of carbonyl (C=O) groups is 1. The molecule has 1 aromatic carbocycles. The van der Waals surface area contributed by atoms with Crippen molar-refractivity contribution in [2.75, 3.05) is 11.9 Å². The van der Waals surface area contributed by atoms with E-state index >= 15 is 0 Å². The Hall–Kier alpha value is -2.19. The van der Waals surface area contributed by atoms with Crippen LogP contribution in [-0.4, -0.2) is 36.4 Å². The summed E-state index contributed by atoms with van der Waals surface area (Å²) in [5, 5.41) is 6.60. The van der Waals surface area contributed by atoms with E-state index in [2.05, 4.69) is 24.3 Å². The monoisotopic (exact) mass is 405 g/mol. The maximum absolute atomic E-state index is 13.1. The van der Waals surface area contributed by atoms with Gasteiger partial charge in [-0.25, -0.2) is 8.42 Å². The average molecular weight is 406 g/mol. The molecular weight excluding hydrogens is 378 g/mol. The third-order valence-corrected chi connectivity index (χ3v) is 7.55. The van der Waals surface area contributed by atoms with Gasteiger partial charge in [0.15, 0.2) is 5.76 Å². The summed E-state index contributed by atoms with van der Waals surface area (Å²) in [6.45, 7) is 7.75. The summed E-state index contributed by atoms with van der Waals surface area (Å²) in [7, 11) is -3.85. The first-order valence-electron chi connectivity index (χ1n) is 9.61. The lowest BCUT2D eigenvalue weighted by Crippen LogP contribution is -2.43. The molecular formula is C20H27N3O4S. The summed E-state index contributed by atoms with van der Waals surface area (Å²) in [5.74, 6) is 0.378. The summed E-state index contributed by atoms with van der Waals surface area (Å²) < 4.78 is 32.5. The van der Waals surface area contributed by atoms with Gasteiger partial charge in [-0.05, 0) is 56.7 Å². The van der Waals surface area contributed by atoms with Crippen LogP contribution >= 0.6 is 0 Å². The number of anilines is 1. The molecule has 1 N–H and O–H groups in total. The van der Waals surface area contributed by atoms with Crippen molar-refractivity contribution in [1.82, 2.24) is 9.46 Å². The van der Waals surface area contributed by atoms with Crippen molar-refractivity contribution in [3.63, 3.8) is 0 Å². The largest absolute Gasteiger partial charge is 0.360 e. The number of rotatable bonds is 6. The van der Waals surface area contributed by atoms with Crippen molar-refractivity contribution >= 4 is 21.6 Å². The van der Waals surface area contributed by atoms with Crippen LogP contribution in [0.3, 0.4) is 0 Å². The molecule has 2 heterocycles. The Bertz CT molecular complexity index is 931. The Morgan fingerprint density at radius 1 is 1.32 bits per heavy atom. The number of hydrogen-bond donors (Lipinski definition) is 1. The Morgan fingerprint density at radius 3 is 2.57 bits per heavy atom. The van der Waals surface area contributed by atoms with Gasteiger partial charge in [0.1, 0.15) is 16.6 Å². The second-order valence-electron chi connectivity index (χ2n) is 7.35. The zero-order chi connectivity index (χ0) is 20.5. The lowest BCUT2D eigenvalue weighted by Gasteiger charge is -2.23. The van der Waals surface area contributed by atoms with E-state index in [1.165, 1.54) is 9.87 Å². The second-order valence-corrected chi connectivity index (χ2v) is 9.18. The van der Waals surface area contributed by atoms with Crippen molar-refractivity contribution in [2.24, 2.45) is 0 Å². The van der Waals surface area contributed by atoms with Crippen LogP contribution in [-0.2, 0) is 14.8 Å². The minimum Gasteiger partial charge on any atom is -0.360 e. The summed E-state index contributed by atoms with van der Waals surface area (Å²) in [5.41, 5.74) is 2.19. The van der Waals surface area contributed by atoms with E-state index in [1.807, 2.05) is 24.3 Å². The van der Waals surface area contributed by atoms with Gasteiger partial charge < -0.3 is 9.84 Å². The molecule has 3 rings (SSSR count). The molecule has 1 saturated heterocycles. The number of carbonyl (C=O) groups excluding carboxylic acids is 1. The first kappa shape index (κ1) is 20.5. The Balaban J connectivity index is 1.78. The highest BCUT2D eigenvalue weighted by molar-refractivity contribution is 7.89. The number of amides is 1. The second kappa shape index (κ2) is 8.05. The van der Waals surface area contributed by atoms with Crippen LogP contribution in [0.15, 0.2) is 33.7 Å². The number of nitrogens with zero attached hydrogens (tertiary/aromatic N) is 2. The molecule has 1 aromatic heterocycles. The number of aryl methyl sites for hydroxylation is 2. The van der Waals surface area contributed by atoms with Gasteiger partial charge in [-0.3, -0.25) is 4.79 Å². The molecule has 0 radical (unpaired) electrons. The molecule has 0 spiro atoms. The normalized spacial score (nSPS) is 18.9. The lowest BCUT2D eigenvalue weighted by atomic mass is 9.98. The number of sulfonamides is 1. The third kappa shape index (κ3) is 3.84. The van der Waals surface area contributed by atoms with Crippen LogP contribution in [0.5, 0.6) is 0 Å². The molecule has 0 aliphatic carbocycles. The zero-order valence-electron chi connectivity index (χ0n) is 16.7. The summed E-state index contributed by atoms with van der Waals surface area (Å²) in [4.78, 5) is 12.9. The summed E-state index contributed by atoms with van der Waals surface area (Å²) in [6.07, 6.45) is 2.16. The van der Waals surface area contributed by atoms with Crippen LogP contribution in [0.2, 0.25) is 0 Å². The molecule has 1 unspecified atom stereocenters. The zero-order valence-corrected chi connectivity index (χ0v) is 17.5. The fourth-order valence-electron chi connectivity index (χ4n) is 3.61.